The van der Waals surface area contributed by atoms with Gasteiger partial charge in [-0.05, 0) is 138 Å². The monoisotopic (exact) mass is 1030 g/mol. The average Bonchev–Trinajstić information content (AvgIpc) is 3.88. The van der Waals surface area contributed by atoms with Gasteiger partial charge in [-0.2, -0.15) is 12.1 Å². The Labute approximate surface area is 397 Å². The van der Waals surface area contributed by atoms with Gasteiger partial charge in [0.05, 0.1) is 0 Å². The number of anilines is 2. The smallest absolute Gasteiger partial charge is 0.136 e. The zero-order chi connectivity index (χ0) is 44.3. The third kappa shape index (κ3) is 8.19. The fourth-order valence-electron chi connectivity index (χ4n) is 9.14. The number of nitrogens with zero attached hydrogens (tertiary/aromatic N) is 4. The fraction of sp³-hybridized carbons (Fsp3) is 0.153. The number of benzene rings is 7. The predicted molar refractivity (Wildman–Crippen MR) is 266 cm³/mol. The summed E-state index contributed by atoms with van der Waals surface area (Å²) >= 11 is 0. The number of ether oxygens (including phenoxy) is 1. The van der Waals surface area contributed by atoms with Gasteiger partial charge in [-0.15, -0.1) is 48.1 Å². The second-order valence-corrected chi connectivity index (χ2v) is 18.1. The number of hydrogen-bond donors (Lipinski definition) is 0. The van der Waals surface area contributed by atoms with Crippen molar-refractivity contribution in [1.29, 1.82) is 0 Å². The van der Waals surface area contributed by atoms with E-state index < -0.39 is 0 Å². The topological polar surface area (TPSA) is 33.5 Å². The Hall–Kier alpha value is -6.68. The quantitative estimate of drug-likeness (QED) is 0.142. The van der Waals surface area contributed by atoms with Crippen LogP contribution in [0.3, 0.4) is 0 Å². The van der Waals surface area contributed by atoms with Crippen molar-refractivity contribution in [2.24, 2.45) is 0 Å². The van der Waals surface area contributed by atoms with Crippen molar-refractivity contribution in [2.75, 3.05) is 9.80 Å². The predicted octanol–water partition coefficient (Wildman–Crippen LogP) is 15.2. The van der Waals surface area contributed by atoms with Crippen molar-refractivity contribution in [3.05, 3.63) is 216 Å². The Morgan fingerprint density at radius 3 is 1.98 bits per heavy atom. The standard InChI is InChI=1S/C59H51N4O.Pt/c1-38-31-47(32-39(2)42(38)5)62-37-61(36-56(62)58-40(3)29-45(30-41(58)4)59(6,7)8)46-19-16-20-48(34-46)64-49-25-26-53-52-23-14-15-24-54(52)63(55(53)35-49)57-33-44(27-28-60-57)51-22-13-12-21-50(51)43-17-10-9-11-18-43;/h9-33,36-37H,1-8H3;/q-3;. The second kappa shape index (κ2) is 17.4. The van der Waals surface area contributed by atoms with Gasteiger partial charge in [0.1, 0.15) is 5.82 Å². The molecule has 2 aromatic heterocycles. The first-order valence-electron chi connectivity index (χ1n) is 22.0. The van der Waals surface area contributed by atoms with E-state index in [2.05, 4.69) is 222 Å². The van der Waals surface area contributed by atoms with Crippen molar-refractivity contribution < 1.29 is 25.8 Å². The number of hydrogen-bond acceptors (Lipinski definition) is 4. The molecule has 0 spiro atoms. The Bertz CT molecular complexity index is 3240. The molecule has 0 amide bonds. The van der Waals surface area contributed by atoms with Crippen LogP contribution in [0.15, 0.2) is 158 Å². The summed E-state index contributed by atoms with van der Waals surface area (Å²) < 4.78 is 8.86. The molecule has 6 heteroatoms. The normalized spacial score (nSPS) is 12.8. The van der Waals surface area contributed by atoms with E-state index >= 15 is 0 Å². The average molecular weight is 1030 g/mol. The Morgan fingerprint density at radius 2 is 1.26 bits per heavy atom. The molecule has 9 aromatic rings. The van der Waals surface area contributed by atoms with Crippen LogP contribution < -0.4 is 14.5 Å². The van der Waals surface area contributed by atoms with E-state index in [9.17, 15) is 0 Å². The van der Waals surface area contributed by atoms with Gasteiger partial charge in [0.15, 0.2) is 0 Å². The molecule has 3 heterocycles. The van der Waals surface area contributed by atoms with E-state index in [1.54, 1.807) is 0 Å². The maximum atomic E-state index is 6.66. The minimum Gasteiger partial charge on any atom is -0.509 e. The number of pyridine rings is 1. The molecule has 7 aromatic carbocycles. The zero-order valence-corrected chi connectivity index (χ0v) is 40.4. The van der Waals surface area contributed by atoms with Crippen LogP contribution in [-0.2, 0) is 26.5 Å². The Kier molecular flexibility index (Phi) is 11.6. The molecule has 0 saturated carbocycles. The third-order valence-electron chi connectivity index (χ3n) is 12.7. The molecule has 0 saturated heterocycles. The molecule has 0 aliphatic carbocycles. The summed E-state index contributed by atoms with van der Waals surface area (Å²) in [6.45, 7) is 20.0. The summed E-state index contributed by atoms with van der Waals surface area (Å²) in [5.41, 5.74) is 18.6. The first-order valence-corrected chi connectivity index (χ1v) is 22.0. The Morgan fingerprint density at radius 1 is 0.600 bits per heavy atom. The van der Waals surface area contributed by atoms with Gasteiger partial charge in [0.2, 0.25) is 0 Å². The molecular weight excluding hydrogens is 976 g/mol. The summed E-state index contributed by atoms with van der Waals surface area (Å²) in [5, 5.41) is 2.20. The number of rotatable bonds is 8. The van der Waals surface area contributed by atoms with Crippen LogP contribution in [0.1, 0.15) is 59.7 Å². The maximum absolute atomic E-state index is 6.66. The second-order valence-electron chi connectivity index (χ2n) is 18.1. The van der Waals surface area contributed by atoms with Crippen LogP contribution >= 0.6 is 0 Å². The third-order valence-corrected chi connectivity index (χ3v) is 12.7. The van der Waals surface area contributed by atoms with Gasteiger partial charge >= 0.3 is 0 Å². The molecule has 1 aliphatic rings. The first-order chi connectivity index (χ1) is 30.9. The molecule has 0 atom stereocenters. The molecule has 0 N–H and O–H groups in total. The zero-order valence-electron chi connectivity index (χ0n) is 38.1. The minimum atomic E-state index is 0. The van der Waals surface area contributed by atoms with Crippen LogP contribution in [0, 0.1) is 53.4 Å². The van der Waals surface area contributed by atoms with Crippen molar-refractivity contribution in [1.82, 2.24) is 9.55 Å². The molecule has 0 bridgehead atoms. The molecule has 0 fully saturated rings. The van der Waals surface area contributed by atoms with Gasteiger partial charge in [0.25, 0.3) is 0 Å². The molecule has 0 unspecified atom stereocenters. The van der Waals surface area contributed by atoms with Gasteiger partial charge in [-0.3, -0.25) is 0 Å². The largest absolute Gasteiger partial charge is 0.509 e. The summed E-state index contributed by atoms with van der Waals surface area (Å²) in [5.74, 6) is 2.00. The Balaban J connectivity index is 0.00000533. The molecule has 0 radical (unpaired) electrons. The van der Waals surface area contributed by atoms with Crippen LogP contribution in [-0.4, -0.2) is 9.55 Å². The van der Waals surface area contributed by atoms with E-state index in [4.69, 9.17) is 9.72 Å². The summed E-state index contributed by atoms with van der Waals surface area (Å²) in [4.78, 5) is 9.42. The van der Waals surface area contributed by atoms with Crippen LogP contribution in [0.25, 0.3) is 55.6 Å². The van der Waals surface area contributed by atoms with E-state index in [1.165, 1.54) is 50.1 Å². The van der Waals surface area contributed by atoms with Crippen molar-refractivity contribution in [3.8, 4) is 39.6 Å². The molecule has 65 heavy (non-hydrogen) atoms. The van der Waals surface area contributed by atoms with E-state index in [1.807, 2.05) is 24.4 Å². The molecule has 1 aliphatic heterocycles. The van der Waals surface area contributed by atoms with Crippen molar-refractivity contribution in [2.45, 2.75) is 60.8 Å². The number of aryl methyl sites for hydroxylation is 4. The van der Waals surface area contributed by atoms with Crippen molar-refractivity contribution in [3.63, 3.8) is 0 Å². The van der Waals surface area contributed by atoms with Gasteiger partial charge < -0.3 is 19.1 Å². The SMILES string of the molecule is Cc1cc(N2[CH-]N(c3[c-]c(Oc4[c-]c5c(cc4)c4ccccc4n5-c4cc(-c5ccccc5-c5ccccc5)ccn4)ccc3)C=C2c2c(C)cc(C(C)(C)C)cc2C)cc(C)c1C.[Pt]. The number of aromatic nitrogens is 2. The van der Waals surface area contributed by atoms with Crippen LogP contribution in [0.4, 0.5) is 11.4 Å². The molecule has 10 rings (SSSR count). The summed E-state index contributed by atoms with van der Waals surface area (Å²) in [7, 11) is 0. The van der Waals surface area contributed by atoms with E-state index in [0.29, 0.717) is 11.5 Å². The molecule has 326 valence electrons. The number of para-hydroxylation sites is 1. The van der Waals surface area contributed by atoms with Crippen LogP contribution in [0.2, 0.25) is 0 Å². The minimum absolute atomic E-state index is 0. The summed E-state index contributed by atoms with van der Waals surface area (Å²) in [6.07, 6.45) is 4.12. The number of fused-ring (bicyclic) bond motifs is 3. The fourth-order valence-corrected chi connectivity index (χ4v) is 9.14. The maximum Gasteiger partial charge on any atom is 0.136 e. The first kappa shape index (κ1) is 43.6. The van der Waals surface area contributed by atoms with Gasteiger partial charge in [-0.25, -0.2) is 4.98 Å². The molecule has 5 nitrogen and oxygen atoms in total. The van der Waals surface area contributed by atoms with E-state index in [0.717, 1.165) is 55.8 Å². The molecular formula is C59H51N4OPt-3. The van der Waals surface area contributed by atoms with Crippen LogP contribution in [0.5, 0.6) is 11.5 Å². The van der Waals surface area contributed by atoms with Gasteiger partial charge in [0, 0.05) is 61.2 Å². The van der Waals surface area contributed by atoms with E-state index in [-0.39, 0.29) is 26.5 Å². The van der Waals surface area contributed by atoms with Crippen molar-refractivity contribution >= 4 is 38.9 Å². The van der Waals surface area contributed by atoms with Gasteiger partial charge in [-0.1, -0.05) is 111 Å². The summed E-state index contributed by atoms with van der Waals surface area (Å²) in [6, 6.07) is 58.5.